The molecule has 3 aromatic heterocycles. The third kappa shape index (κ3) is 3.36. The van der Waals surface area contributed by atoms with Crippen LogP contribution in [0.4, 0.5) is 11.4 Å². The molecule has 1 aliphatic rings. The number of pyridine rings is 2. The standard InChI is InChI=1S/C22H19N5O3/c1-12-6-9-16-18(25-15-5-3-4-14(10-15)22(28)29-2)17(11-23-20(16)24-12)21-26-19(27-30-21)13-7-8-13/h3-6,9-11,13H,7-8H2,1-2H3,(H,23,24,25). The molecule has 0 amide bonds. The third-order valence-corrected chi connectivity index (χ3v) is 5.04. The number of aromatic nitrogens is 4. The number of anilines is 2. The van der Waals surface area contributed by atoms with Crippen molar-refractivity contribution in [3.8, 4) is 11.5 Å². The predicted octanol–water partition coefficient (Wildman–Crippen LogP) is 4.40. The van der Waals surface area contributed by atoms with Crippen LogP contribution in [-0.2, 0) is 4.74 Å². The molecule has 0 spiro atoms. The Bertz CT molecular complexity index is 1260. The Balaban J connectivity index is 1.63. The van der Waals surface area contributed by atoms with Crippen LogP contribution in [0.5, 0.6) is 0 Å². The van der Waals surface area contributed by atoms with E-state index in [-0.39, 0.29) is 0 Å². The molecule has 3 heterocycles. The van der Waals surface area contributed by atoms with E-state index in [1.165, 1.54) is 7.11 Å². The van der Waals surface area contributed by atoms with Gasteiger partial charge in [-0.1, -0.05) is 11.2 Å². The van der Waals surface area contributed by atoms with E-state index >= 15 is 0 Å². The Kier molecular flexibility index (Phi) is 4.39. The van der Waals surface area contributed by atoms with Gasteiger partial charge in [0.2, 0.25) is 0 Å². The highest BCUT2D eigenvalue weighted by Crippen LogP contribution is 2.40. The van der Waals surface area contributed by atoms with Gasteiger partial charge in [0.15, 0.2) is 11.5 Å². The number of nitrogens with one attached hydrogen (secondary N) is 1. The van der Waals surface area contributed by atoms with Gasteiger partial charge in [-0.3, -0.25) is 0 Å². The monoisotopic (exact) mass is 401 g/mol. The molecule has 1 saturated carbocycles. The first kappa shape index (κ1) is 18.2. The summed E-state index contributed by atoms with van der Waals surface area (Å²) in [5.41, 5.74) is 4.05. The maximum Gasteiger partial charge on any atom is 0.337 e. The number of hydrogen-bond donors (Lipinski definition) is 1. The first-order chi connectivity index (χ1) is 14.6. The van der Waals surface area contributed by atoms with Gasteiger partial charge in [-0.15, -0.1) is 0 Å². The zero-order chi connectivity index (χ0) is 20.7. The summed E-state index contributed by atoms with van der Waals surface area (Å²) in [5.74, 6) is 1.11. The molecular formula is C22H19N5O3. The van der Waals surface area contributed by atoms with Crippen molar-refractivity contribution in [3.63, 3.8) is 0 Å². The number of carbonyl (C=O) groups excluding carboxylic acids is 1. The molecule has 1 aliphatic carbocycles. The number of aryl methyl sites for hydroxylation is 1. The van der Waals surface area contributed by atoms with E-state index in [1.807, 2.05) is 25.1 Å². The highest BCUT2D eigenvalue weighted by atomic mass is 16.5. The summed E-state index contributed by atoms with van der Waals surface area (Å²) >= 11 is 0. The number of methoxy groups -OCH3 is 1. The largest absolute Gasteiger partial charge is 0.465 e. The van der Waals surface area contributed by atoms with Gasteiger partial charge in [-0.2, -0.15) is 4.98 Å². The molecule has 0 bridgehead atoms. The normalized spacial score (nSPS) is 13.4. The molecule has 0 saturated heterocycles. The third-order valence-electron chi connectivity index (χ3n) is 5.04. The number of benzene rings is 1. The zero-order valence-electron chi connectivity index (χ0n) is 16.5. The van der Waals surface area contributed by atoms with Gasteiger partial charge in [-0.05, 0) is 50.1 Å². The van der Waals surface area contributed by atoms with E-state index in [9.17, 15) is 4.79 Å². The smallest absolute Gasteiger partial charge is 0.337 e. The second-order valence-corrected chi connectivity index (χ2v) is 7.30. The lowest BCUT2D eigenvalue weighted by Crippen LogP contribution is -2.03. The number of nitrogens with zero attached hydrogens (tertiary/aromatic N) is 4. The van der Waals surface area contributed by atoms with Gasteiger partial charge in [0, 0.05) is 28.9 Å². The van der Waals surface area contributed by atoms with Crippen molar-refractivity contribution in [3.05, 3.63) is 59.7 Å². The van der Waals surface area contributed by atoms with Crippen LogP contribution in [0, 0.1) is 6.92 Å². The predicted molar refractivity (Wildman–Crippen MR) is 111 cm³/mol. The van der Waals surface area contributed by atoms with Crippen LogP contribution in [-0.4, -0.2) is 33.2 Å². The van der Waals surface area contributed by atoms with E-state index in [0.29, 0.717) is 34.3 Å². The summed E-state index contributed by atoms with van der Waals surface area (Å²) in [6.45, 7) is 1.92. The van der Waals surface area contributed by atoms with Crippen LogP contribution >= 0.6 is 0 Å². The quantitative estimate of drug-likeness (QED) is 0.491. The SMILES string of the molecule is COC(=O)c1cccc(Nc2c(-c3nc(C4CC4)no3)cnc3nc(C)ccc23)c1. The van der Waals surface area contributed by atoms with Gasteiger partial charge >= 0.3 is 5.97 Å². The summed E-state index contributed by atoms with van der Waals surface area (Å²) in [7, 11) is 1.36. The summed E-state index contributed by atoms with van der Waals surface area (Å²) in [6, 6.07) is 11.0. The maximum absolute atomic E-state index is 11.9. The summed E-state index contributed by atoms with van der Waals surface area (Å²) in [4.78, 5) is 25.5. The average molecular weight is 401 g/mol. The molecule has 150 valence electrons. The fourth-order valence-corrected chi connectivity index (χ4v) is 3.31. The topological polar surface area (TPSA) is 103 Å². The highest BCUT2D eigenvalue weighted by Gasteiger charge is 2.29. The van der Waals surface area contributed by atoms with Crippen LogP contribution in [0.2, 0.25) is 0 Å². The van der Waals surface area contributed by atoms with E-state index in [0.717, 1.165) is 35.4 Å². The fourth-order valence-electron chi connectivity index (χ4n) is 3.31. The lowest BCUT2D eigenvalue weighted by atomic mass is 10.1. The second kappa shape index (κ2) is 7.22. The lowest BCUT2D eigenvalue weighted by molar-refractivity contribution is 0.0601. The number of hydrogen-bond acceptors (Lipinski definition) is 8. The number of fused-ring (bicyclic) bond motifs is 1. The van der Waals surface area contributed by atoms with E-state index in [2.05, 4.69) is 25.4 Å². The van der Waals surface area contributed by atoms with E-state index in [1.54, 1.807) is 24.4 Å². The number of carbonyl (C=O) groups is 1. The highest BCUT2D eigenvalue weighted by molar-refractivity contribution is 5.99. The number of rotatable bonds is 5. The minimum atomic E-state index is -0.401. The molecule has 5 rings (SSSR count). The molecule has 1 aromatic carbocycles. The number of ether oxygens (including phenoxy) is 1. The van der Waals surface area contributed by atoms with Gasteiger partial charge in [-0.25, -0.2) is 14.8 Å². The molecule has 0 atom stereocenters. The fraction of sp³-hybridized carbons (Fsp3) is 0.227. The van der Waals surface area contributed by atoms with Crippen LogP contribution in [0.1, 0.15) is 40.6 Å². The minimum absolute atomic E-state index is 0.383. The Morgan fingerprint density at radius 1 is 1.20 bits per heavy atom. The molecular weight excluding hydrogens is 382 g/mol. The molecule has 0 unspecified atom stereocenters. The van der Waals surface area contributed by atoms with Crippen LogP contribution in [0.3, 0.4) is 0 Å². The summed E-state index contributed by atoms with van der Waals surface area (Å²) in [5, 5.41) is 8.33. The van der Waals surface area contributed by atoms with Gasteiger partial charge in [0.25, 0.3) is 5.89 Å². The van der Waals surface area contributed by atoms with Gasteiger partial charge in [0.1, 0.15) is 0 Å². The molecule has 0 aliphatic heterocycles. The van der Waals surface area contributed by atoms with E-state index < -0.39 is 5.97 Å². The van der Waals surface area contributed by atoms with Crippen molar-refractivity contribution in [2.24, 2.45) is 0 Å². The second-order valence-electron chi connectivity index (χ2n) is 7.30. The Morgan fingerprint density at radius 2 is 2.07 bits per heavy atom. The van der Waals surface area contributed by atoms with Gasteiger partial charge < -0.3 is 14.6 Å². The van der Waals surface area contributed by atoms with Crippen LogP contribution in [0.25, 0.3) is 22.5 Å². The minimum Gasteiger partial charge on any atom is -0.465 e. The maximum atomic E-state index is 11.9. The van der Waals surface area contributed by atoms with Crippen molar-refractivity contribution in [2.75, 3.05) is 12.4 Å². The Labute approximate surface area is 172 Å². The van der Waals surface area contributed by atoms with Crippen molar-refractivity contribution in [1.29, 1.82) is 0 Å². The van der Waals surface area contributed by atoms with Crippen molar-refractivity contribution >= 4 is 28.4 Å². The summed E-state index contributed by atoms with van der Waals surface area (Å²) in [6.07, 6.45) is 3.86. The first-order valence-electron chi connectivity index (χ1n) is 9.68. The van der Waals surface area contributed by atoms with Crippen molar-refractivity contribution < 1.29 is 14.1 Å². The number of esters is 1. The average Bonchev–Trinajstić information content (AvgIpc) is 3.50. The first-order valence-corrected chi connectivity index (χ1v) is 9.68. The molecule has 0 radical (unpaired) electrons. The van der Waals surface area contributed by atoms with Crippen LogP contribution < -0.4 is 5.32 Å². The van der Waals surface area contributed by atoms with E-state index in [4.69, 9.17) is 9.26 Å². The van der Waals surface area contributed by atoms with Crippen molar-refractivity contribution in [1.82, 2.24) is 20.1 Å². The van der Waals surface area contributed by atoms with Crippen molar-refractivity contribution in [2.45, 2.75) is 25.7 Å². The molecule has 1 fully saturated rings. The summed E-state index contributed by atoms with van der Waals surface area (Å²) < 4.78 is 10.4. The molecule has 4 aromatic rings. The molecule has 30 heavy (non-hydrogen) atoms. The Hall–Kier alpha value is -3.81. The van der Waals surface area contributed by atoms with Crippen LogP contribution in [0.15, 0.2) is 47.1 Å². The molecule has 1 N–H and O–H groups in total. The Morgan fingerprint density at radius 3 is 2.87 bits per heavy atom. The van der Waals surface area contributed by atoms with Gasteiger partial charge in [0.05, 0.1) is 23.9 Å². The zero-order valence-corrected chi connectivity index (χ0v) is 16.5. The lowest BCUT2D eigenvalue weighted by Gasteiger charge is -2.13. The molecule has 8 nitrogen and oxygen atoms in total. The molecule has 8 heteroatoms.